The van der Waals surface area contributed by atoms with Crippen molar-refractivity contribution in [3.63, 3.8) is 0 Å². The van der Waals surface area contributed by atoms with Gasteiger partial charge in [-0.2, -0.15) is 0 Å². The Hall–Kier alpha value is -0.0400. The summed E-state index contributed by atoms with van der Waals surface area (Å²) in [5.74, 6) is 1.06. The second-order valence-corrected chi connectivity index (χ2v) is 12.4. The van der Waals surface area contributed by atoms with Crippen molar-refractivity contribution in [1.29, 1.82) is 0 Å². The molecular weight excluding hydrogens is 422 g/mol. The zero-order valence-electron chi connectivity index (χ0n) is 25.0. The number of unbranched alkanes of at least 4 members (excludes halogenated alkanes) is 23. The average Bonchev–Trinajstić information content (AvgIpc) is 2.88. The Balaban J connectivity index is 1.76. The molecule has 1 rings (SSSR count). The van der Waals surface area contributed by atoms with Crippen molar-refractivity contribution >= 4 is 0 Å². The molecule has 1 N–H and O–H groups in total. The highest BCUT2D eigenvalue weighted by Gasteiger charge is 2.21. The summed E-state index contributed by atoms with van der Waals surface area (Å²) in [5.41, 5.74) is 0. The van der Waals surface area contributed by atoms with Crippen molar-refractivity contribution in [3.05, 3.63) is 0 Å². The molecule has 0 unspecified atom stereocenters. The van der Waals surface area contributed by atoms with Crippen LogP contribution in [0.15, 0.2) is 0 Å². The lowest BCUT2D eigenvalue weighted by molar-refractivity contribution is -0.906. The topological polar surface area (TPSA) is 4.44 Å². The molecule has 1 heterocycles. The lowest BCUT2D eigenvalue weighted by Gasteiger charge is -2.29. The fraction of sp³-hybridized carbons (Fsp3) is 1.00. The molecule has 1 nitrogen and oxygen atoms in total. The van der Waals surface area contributed by atoms with Gasteiger partial charge in [0.1, 0.15) is 0 Å². The summed E-state index contributed by atoms with van der Waals surface area (Å²) >= 11 is 0. The SMILES string of the molecule is CCCCCCCCCCCCCCCC[NH+]1CCC(CCCCCCCCCCCCC)CC1. The van der Waals surface area contributed by atoms with E-state index in [4.69, 9.17) is 0 Å². The first kappa shape index (κ1) is 33.0. The smallest absolute Gasteiger partial charge is 0.0773 e. The highest BCUT2D eigenvalue weighted by molar-refractivity contribution is 4.63. The molecule has 0 aromatic carbocycles. The molecule has 0 bridgehead atoms. The number of quaternary nitrogens is 1. The number of likely N-dealkylation sites (tertiary alicyclic amines) is 1. The van der Waals surface area contributed by atoms with E-state index in [9.17, 15) is 0 Å². The maximum absolute atomic E-state index is 2.31. The Morgan fingerprint density at radius 1 is 0.400 bits per heavy atom. The van der Waals surface area contributed by atoms with E-state index in [0.29, 0.717) is 0 Å². The maximum atomic E-state index is 2.31. The summed E-state index contributed by atoms with van der Waals surface area (Å²) < 4.78 is 0. The minimum Gasteiger partial charge on any atom is -0.335 e. The minimum atomic E-state index is 1.06. The number of rotatable bonds is 27. The first-order chi connectivity index (χ1) is 17.4. The molecule has 1 aliphatic heterocycles. The Labute approximate surface area is 224 Å². The summed E-state index contributed by atoms with van der Waals surface area (Å²) in [6, 6.07) is 0. The van der Waals surface area contributed by atoms with Gasteiger partial charge in [0, 0.05) is 0 Å². The number of piperidine rings is 1. The van der Waals surface area contributed by atoms with Gasteiger partial charge in [-0.25, -0.2) is 0 Å². The molecule has 0 aromatic heterocycles. The maximum Gasteiger partial charge on any atom is 0.0773 e. The molecule has 0 aromatic rings. The van der Waals surface area contributed by atoms with Gasteiger partial charge in [-0.1, -0.05) is 168 Å². The zero-order chi connectivity index (χ0) is 25.1. The summed E-state index contributed by atoms with van der Waals surface area (Å²) in [7, 11) is 0. The normalized spacial score (nSPS) is 18.3. The molecule has 0 spiro atoms. The molecule has 1 heteroatoms. The van der Waals surface area contributed by atoms with E-state index in [1.54, 1.807) is 0 Å². The highest BCUT2D eigenvalue weighted by Crippen LogP contribution is 2.19. The van der Waals surface area contributed by atoms with Gasteiger partial charge in [-0.3, -0.25) is 0 Å². The number of hydrogen-bond acceptors (Lipinski definition) is 0. The van der Waals surface area contributed by atoms with Gasteiger partial charge in [0.05, 0.1) is 19.6 Å². The van der Waals surface area contributed by atoms with Gasteiger partial charge in [-0.05, 0) is 31.6 Å². The van der Waals surface area contributed by atoms with Crippen LogP contribution in [0.3, 0.4) is 0 Å². The van der Waals surface area contributed by atoms with E-state index in [1.165, 1.54) is 199 Å². The molecule has 1 fully saturated rings. The second-order valence-electron chi connectivity index (χ2n) is 12.4. The molecule has 0 atom stereocenters. The molecule has 0 amide bonds. The quantitative estimate of drug-likeness (QED) is 0.109. The predicted octanol–water partition coefficient (Wildman–Crippen LogP) is 10.5. The third-order valence-electron chi connectivity index (χ3n) is 8.91. The minimum absolute atomic E-state index is 1.06. The first-order valence-electron chi connectivity index (χ1n) is 17.2. The van der Waals surface area contributed by atoms with Crippen molar-refractivity contribution in [2.24, 2.45) is 5.92 Å². The Morgan fingerprint density at radius 2 is 0.714 bits per heavy atom. The summed E-state index contributed by atoms with van der Waals surface area (Å²) in [5, 5.41) is 0. The zero-order valence-corrected chi connectivity index (χ0v) is 25.0. The van der Waals surface area contributed by atoms with Crippen LogP contribution >= 0.6 is 0 Å². The number of nitrogens with one attached hydrogen (secondary N) is 1. The van der Waals surface area contributed by atoms with Gasteiger partial charge >= 0.3 is 0 Å². The van der Waals surface area contributed by atoms with E-state index < -0.39 is 0 Å². The Morgan fingerprint density at radius 3 is 1.09 bits per heavy atom. The third-order valence-corrected chi connectivity index (χ3v) is 8.91. The van der Waals surface area contributed by atoms with Crippen LogP contribution < -0.4 is 4.90 Å². The molecule has 1 aliphatic rings. The van der Waals surface area contributed by atoms with Gasteiger partial charge in [0.2, 0.25) is 0 Å². The monoisotopic (exact) mass is 493 g/mol. The van der Waals surface area contributed by atoms with E-state index in [1.807, 2.05) is 4.90 Å². The van der Waals surface area contributed by atoms with E-state index >= 15 is 0 Å². The van der Waals surface area contributed by atoms with Crippen LogP contribution in [-0.4, -0.2) is 19.6 Å². The van der Waals surface area contributed by atoms with Crippen molar-refractivity contribution in [1.82, 2.24) is 0 Å². The molecular formula is C34H70N+. The molecule has 35 heavy (non-hydrogen) atoms. The van der Waals surface area contributed by atoms with Crippen LogP contribution in [-0.2, 0) is 0 Å². The molecule has 210 valence electrons. The van der Waals surface area contributed by atoms with Crippen LogP contribution in [0.25, 0.3) is 0 Å². The highest BCUT2D eigenvalue weighted by atomic mass is 15.1. The van der Waals surface area contributed by atoms with Crippen molar-refractivity contribution in [3.8, 4) is 0 Å². The predicted molar refractivity (Wildman–Crippen MR) is 160 cm³/mol. The van der Waals surface area contributed by atoms with Gasteiger partial charge in [0.15, 0.2) is 0 Å². The van der Waals surface area contributed by atoms with Crippen molar-refractivity contribution < 1.29 is 4.90 Å². The lowest BCUT2D eigenvalue weighted by Crippen LogP contribution is -3.13. The standard InChI is InChI=1S/C34H69N/c1-3-5-7-9-11-13-15-16-17-19-21-23-25-27-31-35-32-29-34(30-33-35)28-26-24-22-20-18-14-12-10-8-6-4-2/h34H,3-33H2,1-2H3/p+1. The van der Waals surface area contributed by atoms with Crippen LogP contribution in [0.2, 0.25) is 0 Å². The van der Waals surface area contributed by atoms with Crippen LogP contribution in [0.4, 0.5) is 0 Å². The average molecular weight is 493 g/mol. The van der Waals surface area contributed by atoms with Crippen molar-refractivity contribution in [2.45, 2.75) is 194 Å². The summed E-state index contributed by atoms with van der Waals surface area (Å²) in [4.78, 5) is 1.93. The van der Waals surface area contributed by atoms with Crippen LogP contribution in [0.5, 0.6) is 0 Å². The van der Waals surface area contributed by atoms with Gasteiger partial charge in [-0.15, -0.1) is 0 Å². The first-order valence-corrected chi connectivity index (χ1v) is 17.2. The Kier molecular flexibility index (Phi) is 25.5. The van der Waals surface area contributed by atoms with Crippen LogP contribution in [0.1, 0.15) is 194 Å². The third kappa shape index (κ3) is 22.9. The van der Waals surface area contributed by atoms with Crippen molar-refractivity contribution in [2.75, 3.05) is 19.6 Å². The van der Waals surface area contributed by atoms with E-state index in [2.05, 4.69) is 13.8 Å². The molecule has 0 radical (unpaired) electrons. The van der Waals surface area contributed by atoms with Gasteiger partial charge in [0.25, 0.3) is 0 Å². The summed E-state index contributed by atoms with van der Waals surface area (Å²) in [6.07, 6.45) is 41.5. The van der Waals surface area contributed by atoms with Crippen LogP contribution in [0, 0.1) is 5.92 Å². The summed E-state index contributed by atoms with van der Waals surface area (Å²) in [6.45, 7) is 9.03. The molecule has 0 aliphatic carbocycles. The second kappa shape index (κ2) is 27.0. The molecule has 0 saturated carbocycles. The Bertz CT molecular complexity index is 381. The lowest BCUT2D eigenvalue weighted by atomic mass is 9.91. The largest absolute Gasteiger partial charge is 0.335 e. The molecule has 1 saturated heterocycles. The van der Waals surface area contributed by atoms with E-state index in [-0.39, 0.29) is 0 Å². The fourth-order valence-electron chi connectivity index (χ4n) is 6.29. The number of hydrogen-bond donors (Lipinski definition) is 1. The van der Waals surface area contributed by atoms with E-state index in [0.717, 1.165) is 5.92 Å². The van der Waals surface area contributed by atoms with Gasteiger partial charge < -0.3 is 4.90 Å². The fourth-order valence-corrected chi connectivity index (χ4v) is 6.29.